The summed E-state index contributed by atoms with van der Waals surface area (Å²) in [5, 5.41) is 0. The highest BCUT2D eigenvalue weighted by molar-refractivity contribution is 7.85. The van der Waals surface area contributed by atoms with Crippen LogP contribution in [0, 0.1) is 0 Å². The highest BCUT2D eigenvalue weighted by atomic mass is 32.2. The van der Waals surface area contributed by atoms with E-state index in [4.69, 9.17) is 0 Å². The van der Waals surface area contributed by atoms with Crippen LogP contribution in [0.3, 0.4) is 0 Å². The molecule has 0 heterocycles. The van der Waals surface area contributed by atoms with Gasteiger partial charge in [-0.2, -0.15) is 0 Å². The molecule has 0 atom stereocenters. The summed E-state index contributed by atoms with van der Waals surface area (Å²) in [6.45, 7) is 6.18. The zero-order valence-electron chi connectivity index (χ0n) is 7.99. The minimum Gasteiger partial charge on any atom is -0.748 e. The first kappa shape index (κ1) is 11.9. The first-order valence-corrected chi connectivity index (χ1v) is 5.35. The van der Waals surface area contributed by atoms with Gasteiger partial charge in [0.05, 0.1) is 15.9 Å². The number of hydrogen-bond acceptors (Lipinski definition) is 4. The summed E-state index contributed by atoms with van der Waals surface area (Å²) in [6.07, 6.45) is 0. The Morgan fingerprint density at radius 3 is 2.00 bits per heavy atom. The molecule has 4 nitrogen and oxygen atoms in total. The van der Waals surface area contributed by atoms with Crippen molar-refractivity contribution < 1.29 is 13.0 Å². The van der Waals surface area contributed by atoms with Gasteiger partial charge in [0.2, 0.25) is 0 Å². The summed E-state index contributed by atoms with van der Waals surface area (Å²) in [6, 6.07) is 0. The lowest BCUT2D eigenvalue weighted by molar-refractivity contribution is 0.185. The third-order valence-electron chi connectivity index (χ3n) is 1.82. The van der Waals surface area contributed by atoms with Gasteiger partial charge < -0.3 is 9.45 Å². The first-order chi connectivity index (χ1) is 5.13. The van der Waals surface area contributed by atoms with E-state index in [0.29, 0.717) is 0 Å². The fraction of sp³-hybridized carbons (Fsp3) is 1.00. The average Bonchev–Trinajstić information content (AvgIpc) is 1.78. The van der Waals surface area contributed by atoms with Gasteiger partial charge in [0, 0.05) is 12.1 Å². The Kier molecular flexibility index (Phi) is 3.68. The van der Waals surface area contributed by atoms with Crippen LogP contribution < -0.4 is 0 Å². The van der Waals surface area contributed by atoms with Crippen molar-refractivity contribution in [1.29, 1.82) is 0 Å². The Morgan fingerprint density at radius 1 is 1.33 bits per heavy atom. The van der Waals surface area contributed by atoms with Gasteiger partial charge in [-0.25, -0.2) is 8.42 Å². The molecule has 12 heavy (non-hydrogen) atoms. The van der Waals surface area contributed by atoms with E-state index in [2.05, 4.69) is 0 Å². The average molecular weight is 194 g/mol. The molecular weight excluding hydrogens is 178 g/mol. The van der Waals surface area contributed by atoms with Crippen molar-refractivity contribution in [2.75, 3.05) is 19.3 Å². The van der Waals surface area contributed by atoms with Crippen molar-refractivity contribution in [3.05, 3.63) is 0 Å². The fourth-order valence-electron chi connectivity index (χ4n) is 0.584. The van der Waals surface area contributed by atoms with E-state index in [9.17, 15) is 13.0 Å². The zero-order valence-corrected chi connectivity index (χ0v) is 8.81. The van der Waals surface area contributed by atoms with Crippen molar-refractivity contribution in [3.63, 3.8) is 0 Å². The van der Waals surface area contributed by atoms with E-state index >= 15 is 0 Å². The Morgan fingerprint density at radius 2 is 1.75 bits per heavy atom. The molecule has 0 radical (unpaired) electrons. The summed E-state index contributed by atoms with van der Waals surface area (Å²) >= 11 is 0. The molecule has 74 valence electrons. The van der Waals surface area contributed by atoms with Crippen molar-refractivity contribution in [1.82, 2.24) is 4.90 Å². The van der Waals surface area contributed by atoms with Crippen molar-refractivity contribution >= 4 is 10.1 Å². The molecule has 5 heteroatoms. The van der Waals surface area contributed by atoms with Crippen LogP contribution in [0.1, 0.15) is 20.8 Å². The van der Waals surface area contributed by atoms with E-state index in [1.54, 1.807) is 7.05 Å². The van der Waals surface area contributed by atoms with Crippen LogP contribution in [0.25, 0.3) is 0 Å². The topological polar surface area (TPSA) is 60.4 Å². The molecule has 0 N–H and O–H groups in total. The lowest BCUT2D eigenvalue weighted by Crippen LogP contribution is -2.40. The van der Waals surface area contributed by atoms with E-state index in [0.717, 1.165) is 0 Å². The molecular formula is C7H16NO3S-. The number of nitrogens with zero attached hydrogens (tertiary/aromatic N) is 1. The third-order valence-corrected chi connectivity index (χ3v) is 2.50. The van der Waals surface area contributed by atoms with Crippen molar-refractivity contribution in [2.45, 2.75) is 26.3 Å². The van der Waals surface area contributed by atoms with Crippen LogP contribution in [-0.4, -0.2) is 42.8 Å². The summed E-state index contributed by atoms with van der Waals surface area (Å²) in [4.78, 5) is 1.84. The maximum absolute atomic E-state index is 10.3. The molecule has 0 fully saturated rings. The van der Waals surface area contributed by atoms with Gasteiger partial charge in [0.1, 0.15) is 0 Å². The minimum atomic E-state index is -4.07. The molecule has 0 saturated carbocycles. The second kappa shape index (κ2) is 3.72. The molecule has 0 unspecified atom stereocenters. The van der Waals surface area contributed by atoms with Crippen LogP contribution in [0.5, 0.6) is 0 Å². The Bertz CT molecular complexity index is 228. The van der Waals surface area contributed by atoms with Crippen LogP contribution in [0.4, 0.5) is 0 Å². The van der Waals surface area contributed by atoms with Gasteiger partial charge in [-0.3, -0.25) is 0 Å². The van der Waals surface area contributed by atoms with Crippen LogP contribution >= 0.6 is 0 Å². The molecule has 0 spiro atoms. The predicted molar refractivity (Wildman–Crippen MR) is 46.9 cm³/mol. The Hall–Kier alpha value is -0.130. The molecule has 0 bridgehead atoms. The molecule has 0 aliphatic rings. The lowest BCUT2D eigenvalue weighted by Gasteiger charge is -2.31. The van der Waals surface area contributed by atoms with Gasteiger partial charge in [-0.1, -0.05) is 0 Å². The molecule has 0 saturated heterocycles. The van der Waals surface area contributed by atoms with Crippen LogP contribution in [-0.2, 0) is 10.1 Å². The van der Waals surface area contributed by atoms with Crippen molar-refractivity contribution in [2.24, 2.45) is 0 Å². The normalized spacial score (nSPS) is 13.8. The molecule has 0 aliphatic heterocycles. The van der Waals surface area contributed by atoms with E-state index < -0.39 is 10.1 Å². The van der Waals surface area contributed by atoms with Gasteiger partial charge in [0.25, 0.3) is 0 Å². The molecule has 0 aliphatic carbocycles. The first-order valence-electron chi connectivity index (χ1n) is 3.78. The smallest absolute Gasteiger partial charge is 0.0958 e. The number of hydrogen-bond donors (Lipinski definition) is 0. The molecule has 0 aromatic heterocycles. The quantitative estimate of drug-likeness (QED) is 0.605. The van der Waals surface area contributed by atoms with Gasteiger partial charge in [-0.15, -0.1) is 0 Å². The molecule has 0 rings (SSSR count). The van der Waals surface area contributed by atoms with Crippen molar-refractivity contribution in [3.8, 4) is 0 Å². The fourth-order valence-corrected chi connectivity index (χ4v) is 1.08. The highest BCUT2D eigenvalue weighted by Crippen LogP contribution is 2.09. The van der Waals surface area contributed by atoms with E-state index in [-0.39, 0.29) is 17.8 Å². The Balaban J connectivity index is 3.97. The Labute approximate surface area is 74.3 Å². The maximum atomic E-state index is 10.3. The van der Waals surface area contributed by atoms with Crippen LogP contribution in [0.15, 0.2) is 0 Å². The molecule has 0 aromatic rings. The minimum absolute atomic E-state index is 0.0926. The monoisotopic (exact) mass is 194 g/mol. The second-order valence-electron chi connectivity index (χ2n) is 3.85. The molecule has 0 aromatic carbocycles. The largest absolute Gasteiger partial charge is 0.748 e. The summed E-state index contributed by atoms with van der Waals surface area (Å²) in [5.41, 5.74) is -0.0926. The highest BCUT2D eigenvalue weighted by Gasteiger charge is 2.16. The van der Waals surface area contributed by atoms with Gasteiger partial charge in [0.15, 0.2) is 0 Å². The second-order valence-corrected chi connectivity index (χ2v) is 5.38. The molecule has 0 amide bonds. The third kappa shape index (κ3) is 5.51. The van der Waals surface area contributed by atoms with Gasteiger partial charge in [-0.05, 0) is 27.8 Å². The standard InChI is InChI=1S/C7H17NO3S/c1-7(2,3)8(4)5-6-12(9,10)11/h5-6H2,1-4H3,(H,9,10,11)/p-1. The van der Waals surface area contributed by atoms with Crippen LogP contribution in [0.2, 0.25) is 0 Å². The number of rotatable bonds is 3. The summed E-state index contributed by atoms with van der Waals surface area (Å²) < 4.78 is 30.8. The zero-order chi connectivity index (χ0) is 9.99. The predicted octanol–water partition coefficient (Wildman–Crippen LogP) is 0.262. The lowest BCUT2D eigenvalue weighted by atomic mass is 10.1. The van der Waals surface area contributed by atoms with E-state index in [1.165, 1.54) is 0 Å². The summed E-state index contributed by atoms with van der Waals surface area (Å²) in [5.74, 6) is -0.319. The maximum Gasteiger partial charge on any atom is 0.0958 e. The van der Waals surface area contributed by atoms with E-state index in [1.807, 2.05) is 25.7 Å². The summed E-state index contributed by atoms with van der Waals surface area (Å²) in [7, 11) is -2.27. The SMILES string of the molecule is CN(CCS(=O)(=O)[O-])C(C)(C)C. The van der Waals surface area contributed by atoms with Gasteiger partial charge >= 0.3 is 0 Å².